The Balaban J connectivity index is 1.29. The van der Waals surface area contributed by atoms with Gasteiger partial charge < -0.3 is 14.3 Å². The lowest BCUT2D eigenvalue weighted by Crippen LogP contribution is -2.20. The summed E-state index contributed by atoms with van der Waals surface area (Å²) in [5, 5.41) is 21.6. The summed E-state index contributed by atoms with van der Waals surface area (Å²) in [6, 6.07) is 22.8. The van der Waals surface area contributed by atoms with Crippen LogP contribution < -0.4 is 10.4 Å². The van der Waals surface area contributed by atoms with Gasteiger partial charge in [-0.25, -0.2) is 9.78 Å². The zero-order valence-electron chi connectivity index (χ0n) is 19.2. The Bertz CT molecular complexity index is 1590. The highest BCUT2D eigenvalue weighted by atomic mass is 35.5. The normalized spacial score (nSPS) is 12.0. The molecule has 10 heteroatoms. The first-order valence-corrected chi connectivity index (χ1v) is 12.9. The van der Waals surface area contributed by atoms with Gasteiger partial charge in [-0.2, -0.15) is 0 Å². The number of halogens is 2. The van der Waals surface area contributed by atoms with E-state index in [9.17, 15) is 9.90 Å². The topological polar surface area (TPSA) is 98.3 Å². The Hall–Kier alpha value is -3.43. The van der Waals surface area contributed by atoms with Crippen LogP contribution in [0.15, 0.2) is 93.2 Å². The van der Waals surface area contributed by atoms with Gasteiger partial charge in [-0.15, -0.1) is 10.2 Å². The third kappa shape index (κ3) is 6.29. The second-order valence-electron chi connectivity index (χ2n) is 8.04. The minimum atomic E-state index is -0.804. The lowest BCUT2D eigenvalue weighted by atomic mass is 10.0. The van der Waals surface area contributed by atoms with Gasteiger partial charge in [-0.1, -0.05) is 59.2 Å². The van der Waals surface area contributed by atoms with Gasteiger partial charge in [0.05, 0.1) is 6.10 Å². The number of thioether (sulfide) groups is 1. The number of hydrogen-bond donors (Lipinski definition) is 1. The molecule has 1 unspecified atom stereocenters. The van der Waals surface area contributed by atoms with Gasteiger partial charge in [0.15, 0.2) is 0 Å². The molecule has 0 amide bonds. The molecule has 0 aliphatic rings. The highest BCUT2D eigenvalue weighted by molar-refractivity contribution is 7.99. The van der Waals surface area contributed by atoms with Crippen molar-refractivity contribution in [2.75, 3.05) is 12.4 Å². The van der Waals surface area contributed by atoms with Crippen LogP contribution in [0.5, 0.6) is 5.75 Å². The van der Waals surface area contributed by atoms with Crippen molar-refractivity contribution in [1.29, 1.82) is 0 Å². The lowest BCUT2D eigenvalue weighted by Gasteiger charge is -2.13. The quantitative estimate of drug-likeness (QED) is 0.181. The molecule has 186 valence electrons. The highest BCUT2D eigenvalue weighted by Crippen LogP contribution is 2.31. The first-order chi connectivity index (χ1) is 17.9. The number of ether oxygens (including phenoxy) is 1. The molecular weight excluding hydrogens is 533 g/mol. The molecule has 1 atom stereocenters. The van der Waals surface area contributed by atoms with Crippen molar-refractivity contribution in [2.24, 2.45) is 0 Å². The van der Waals surface area contributed by atoms with Gasteiger partial charge in [0, 0.05) is 44.4 Å². The summed E-state index contributed by atoms with van der Waals surface area (Å²) in [7, 11) is 0. The standard InChI is InChI=1S/C27H19Cl2N3O4S/c28-19-7-1-17(2-8-19)25-26(18-3-9-20(29)10-4-18)31-32-27(30-25)37-15-21(33)14-35-22-11-5-16-6-12-24(34)36-23(16)13-22/h1-13,21,33H,14-15H2. The maximum Gasteiger partial charge on any atom is 0.336 e. The van der Waals surface area contributed by atoms with E-state index in [1.54, 1.807) is 48.5 Å². The molecule has 0 aliphatic carbocycles. The minimum Gasteiger partial charge on any atom is -0.491 e. The van der Waals surface area contributed by atoms with E-state index in [2.05, 4.69) is 10.2 Å². The van der Waals surface area contributed by atoms with Gasteiger partial charge in [-0.3, -0.25) is 0 Å². The first-order valence-electron chi connectivity index (χ1n) is 11.2. The molecule has 5 aromatic rings. The third-order valence-corrected chi connectivity index (χ3v) is 6.83. The van der Waals surface area contributed by atoms with Crippen molar-refractivity contribution in [1.82, 2.24) is 15.2 Å². The Morgan fingerprint density at radius 2 is 1.51 bits per heavy atom. The molecule has 5 rings (SSSR count). The van der Waals surface area contributed by atoms with E-state index in [0.717, 1.165) is 16.5 Å². The number of aliphatic hydroxyl groups excluding tert-OH is 1. The molecule has 0 radical (unpaired) electrons. The van der Waals surface area contributed by atoms with Crippen molar-refractivity contribution in [3.8, 4) is 28.3 Å². The molecule has 37 heavy (non-hydrogen) atoms. The third-order valence-electron chi connectivity index (χ3n) is 5.34. The zero-order valence-corrected chi connectivity index (χ0v) is 21.5. The minimum absolute atomic E-state index is 0.0376. The van der Waals surface area contributed by atoms with Crippen molar-refractivity contribution in [2.45, 2.75) is 11.3 Å². The molecule has 0 aliphatic heterocycles. The number of nitrogens with zero attached hydrogens (tertiary/aromatic N) is 3. The Morgan fingerprint density at radius 3 is 2.22 bits per heavy atom. The highest BCUT2D eigenvalue weighted by Gasteiger charge is 2.16. The SMILES string of the molecule is O=c1ccc2ccc(OCC(O)CSc3nnc(-c4ccc(Cl)cc4)c(-c4ccc(Cl)cc4)n3)cc2o1. The maximum atomic E-state index is 11.4. The molecule has 3 aromatic carbocycles. The summed E-state index contributed by atoms with van der Waals surface area (Å²) in [6.45, 7) is 0.0376. The van der Waals surface area contributed by atoms with Crippen LogP contribution in [0.25, 0.3) is 33.5 Å². The number of benzene rings is 3. The Morgan fingerprint density at radius 1 is 0.865 bits per heavy atom. The zero-order chi connectivity index (χ0) is 25.8. The molecule has 2 heterocycles. The summed E-state index contributed by atoms with van der Waals surface area (Å²) in [5.41, 5.74) is 2.89. The van der Waals surface area contributed by atoms with Crippen molar-refractivity contribution < 1.29 is 14.3 Å². The van der Waals surface area contributed by atoms with E-state index in [-0.39, 0.29) is 12.4 Å². The fourth-order valence-corrected chi connectivity index (χ4v) is 4.47. The van der Waals surface area contributed by atoms with E-state index in [1.807, 2.05) is 24.3 Å². The second-order valence-corrected chi connectivity index (χ2v) is 9.90. The average molecular weight is 552 g/mol. The molecule has 0 spiro atoms. The van der Waals surface area contributed by atoms with Gasteiger partial charge >= 0.3 is 5.63 Å². The van der Waals surface area contributed by atoms with Crippen LogP contribution in [0, 0.1) is 0 Å². The maximum absolute atomic E-state index is 11.4. The summed E-state index contributed by atoms with van der Waals surface area (Å²) in [6.07, 6.45) is -0.804. The Kier molecular flexibility index (Phi) is 7.71. The molecular formula is C27H19Cl2N3O4S. The van der Waals surface area contributed by atoms with Gasteiger partial charge in [0.25, 0.3) is 0 Å². The van der Waals surface area contributed by atoms with E-state index in [1.165, 1.54) is 17.8 Å². The summed E-state index contributed by atoms with van der Waals surface area (Å²) < 4.78 is 10.9. The van der Waals surface area contributed by atoms with E-state index < -0.39 is 11.7 Å². The number of aromatic nitrogens is 3. The summed E-state index contributed by atoms with van der Waals surface area (Å²) in [4.78, 5) is 16.2. The predicted molar refractivity (Wildman–Crippen MR) is 145 cm³/mol. The molecule has 0 saturated carbocycles. The smallest absolute Gasteiger partial charge is 0.336 e. The van der Waals surface area contributed by atoms with Crippen LogP contribution in [0.3, 0.4) is 0 Å². The number of aliphatic hydroxyl groups is 1. The van der Waals surface area contributed by atoms with Crippen molar-refractivity contribution in [3.05, 3.63) is 99.3 Å². The van der Waals surface area contributed by atoms with Crippen LogP contribution in [0.1, 0.15) is 0 Å². The number of rotatable bonds is 8. The van der Waals surface area contributed by atoms with Gasteiger partial charge in [0.2, 0.25) is 5.16 Å². The van der Waals surface area contributed by atoms with Gasteiger partial charge in [-0.05, 0) is 42.5 Å². The lowest BCUT2D eigenvalue weighted by molar-refractivity contribution is 0.126. The molecule has 2 aromatic heterocycles. The molecule has 7 nitrogen and oxygen atoms in total. The molecule has 0 bridgehead atoms. The van der Waals surface area contributed by atoms with Crippen LogP contribution in [-0.4, -0.2) is 38.8 Å². The first kappa shape index (κ1) is 25.2. The molecule has 1 N–H and O–H groups in total. The second kappa shape index (κ2) is 11.3. The van der Waals surface area contributed by atoms with Crippen LogP contribution >= 0.6 is 35.0 Å². The van der Waals surface area contributed by atoms with E-state index in [4.69, 9.17) is 37.3 Å². The number of fused-ring (bicyclic) bond motifs is 1. The fourth-order valence-electron chi connectivity index (χ4n) is 3.53. The predicted octanol–water partition coefficient (Wildman–Crippen LogP) is 6.15. The van der Waals surface area contributed by atoms with Crippen LogP contribution in [0.4, 0.5) is 0 Å². The average Bonchev–Trinajstić information content (AvgIpc) is 2.91. The largest absolute Gasteiger partial charge is 0.491 e. The summed E-state index contributed by atoms with van der Waals surface area (Å²) in [5.74, 6) is 0.770. The van der Waals surface area contributed by atoms with Crippen LogP contribution in [0.2, 0.25) is 10.0 Å². The molecule has 0 saturated heterocycles. The van der Waals surface area contributed by atoms with Crippen molar-refractivity contribution >= 4 is 45.9 Å². The number of hydrogen-bond acceptors (Lipinski definition) is 8. The van der Waals surface area contributed by atoms with Gasteiger partial charge in [0.1, 0.15) is 29.3 Å². The van der Waals surface area contributed by atoms with E-state index in [0.29, 0.717) is 37.9 Å². The monoisotopic (exact) mass is 551 g/mol. The fraction of sp³-hybridized carbons (Fsp3) is 0.111. The van der Waals surface area contributed by atoms with E-state index >= 15 is 0 Å². The Labute approximate surface area is 226 Å². The van der Waals surface area contributed by atoms with Crippen LogP contribution in [-0.2, 0) is 0 Å². The van der Waals surface area contributed by atoms with Crippen molar-refractivity contribution in [3.63, 3.8) is 0 Å². The summed E-state index contributed by atoms with van der Waals surface area (Å²) >= 11 is 13.4. The molecule has 0 fully saturated rings.